The maximum absolute atomic E-state index is 6.17. The highest BCUT2D eigenvalue weighted by Gasteiger charge is 2.06. The van der Waals surface area contributed by atoms with Crippen LogP contribution in [0.4, 0.5) is 5.13 Å². The second-order valence-corrected chi connectivity index (χ2v) is 8.00. The summed E-state index contributed by atoms with van der Waals surface area (Å²) in [6, 6.07) is 23.0. The molecular formula is C23H17Cl2N3OS. The molecule has 4 nitrogen and oxygen atoms in total. The Hall–Kier alpha value is -2.86. The monoisotopic (exact) mass is 453 g/mol. The molecule has 0 fully saturated rings. The van der Waals surface area contributed by atoms with Crippen molar-refractivity contribution in [3.63, 3.8) is 0 Å². The Morgan fingerprint density at radius 2 is 1.67 bits per heavy atom. The second-order valence-electron chi connectivity index (χ2n) is 6.33. The zero-order chi connectivity index (χ0) is 20.8. The lowest BCUT2D eigenvalue weighted by atomic mass is 10.2. The molecule has 0 aliphatic carbocycles. The minimum absolute atomic E-state index is 0.307. The molecular weight excluding hydrogens is 437 g/mol. The van der Waals surface area contributed by atoms with Crippen LogP contribution < -0.4 is 10.2 Å². The molecule has 0 spiro atoms. The van der Waals surface area contributed by atoms with E-state index >= 15 is 0 Å². The zero-order valence-electron chi connectivity index (χ0n) is 15.8. The van der Waals surface area contributed by atoms with Crippen LogP contribution in [0.15, 0.2) is 83.3 Å². The minimum Gasteiger partial charge on any atom is -0.489 e. The van der Waals surface area contributed by atoms with Gasteiger partial charge in [-0.25, -0.2) is 4.98 Å². The summed E-state index contributed by atoms with van der Waals surface area (Å²) in [6.07, 6.45) is 1.73. The molecule has 4 rings (SSSR count). The van der Waals surface area contributed by atoms with Gasteiger partial charge in [-0.3, -0.25) is 5.43 Å². The third-order valence-corrected chi connectivity index (χ3v) is 5.73. The highest BCUT2D eigenvalue weighted by molar-refractivity contribution is 7.14. The van der Waals surface area contributed by atoms with E-state index in [-0.39, 0.29) is 0 Å². The van der Waals surface area contributed by atoms with Crippen molar-refractivity contribution >= 4 is 45.9 Å². The van der Waals surface area contributed by atoms with Crippen LogP contribution in [0.1, 0.15) is 11.1 Å². The van der Waals surface area contributed by atoms with Gasteiger partial charge >= 0.3 is 0 Å². The molecule has 0 saturated heterocycles. The van der Waals surface area contributed by atoms with Crippen molar-refractivity contribution < 1.29 is 4.74 Å². The SMILES string of the molecule is Clc1cccc(Cl)c1COc1ccc(C=NNc2nc(-c3ccccc3)cs2)cc1. The van der Waals surface area contributed by atoms with E-state index in [1.54, 1.807) is 18.3 Å². The fourth-order valence-corrected chi connectivity index (χ4v) is 3.88. The van der Waals surface area contributed by atoms with E-state index in [9.17, 15) is 0 Å². The summed E-state index contributed by atoms with van der Waals surface area (Å²) in [5.74, 6) is 0.725. The molecule has 0 bridgehead atoms. The number of thiazole rings is 1. The van der Waals surface area contributed by atoms with Gasteiger partial charge in [-0.05, 0) is 42.0 Å². The Labute approximate surface area is 188 Å². The van der Waals surface area contributed by atoms with Crippen molar-refractivity contribution in [3.8, 4) is 17.0 Å². The first-order valence-electron chi connectivity index (χ1n) is 9.15. The second kappa shape index (κ2) is 9.76. The summed E-state index contributed by atoms with van der Waals surface area (Å²) >= 11 is 13.9. The van der Waals surface area contributed by atoms with Gasteiger partial charge in [0.2, 0.25) is 5.13 Å². The van der Waals surface area contributed by atoms with E-state index in [0.29, 0.717) is 16.7 Å². The first kappa shape index (κ1) is 20.4. The summed E-state index contributed by atoms with van der Waals surface area (Å²) in [4.78, 5) is 4.55. The van der Waals surface area contributed by atoms with E-state index < -0.39 is 0 Å². The molecule has 0 aliphatic heterocycles. The van der Waals surface area contributed by atoms with Gasteiger partial charge < -0.3 is 4.74 Å². The lowest BCUT2D eigenvalue weighted by molar-refractivity contribution is 0.306. The molecule has 0 unspecified atom stereocenters. The first-order valence-corrected chi connectivity index (χ1v) is 10.8. The predicted octanol–water partition coefficient (Wildman–Crippen LogP) is 7.14. The number of aromatic nitrogens is 1. The number of hydrazone groups is 1. The molecule has 1 aromatic heterocycles. The summed E-state index contributed by atoms with van der Waals surface area (Å²) in [7, 11) is 0. The molecule has 0 atom stereocenters. The van der Waals surface area contributed by atoms with Crippen molar-refractivity contribution in [3.05, 3.63) is 99.3 Å². The number of nitrogens with one attached hydrogen (secondary N) is 1. The van der Waals surface area contributed by atoms with Crippen LogP contribution in [0.2, 0.25) is 10.0 Å². The van der Waals surface area contributed by atoms with E-state index in [2.05, 4.69) is 15.5 Å². The van der Waals surface area contributed by atoms with Crippen molar-refractivity contribution in [2.75, 3.05) is 5.43 Å². The Morgan fingerprint density at radius 1 is 0.933 bits per heavy atom. The molecule has 0 saturated carbocycles. The number of rotatable bonds is 7. The quantitative estimate of drug-likeness (QED) is 0.238. The largest absolute Gasteiger partial charge is 0.489 e. The highest BCUT2D eigenvalue weighted by atomic mass is 35.5. The molecule has 4 aromatic rings. The van der Waals surface area contributed by atoms with E-state index in [0.717, 1.165) is 33.3 Å². The van der Waals surface area contributed by atoms with Crippen LogP contribution >= 0.6 is 34.5 Å². The molecule has 150 valence electrons. The normalized spacial score (nSPS) is 11.0. The smallest absolute Gasteiger partial charge is 0.203 e. The fraction of sp³-hybridized carbons (Fsp3) is 0.0435. The van der Waals surface area contributed by atoms with Gasteiger partial charge in [-0.15, -0.1) is 11.3 Å². The molecule has 0 amide bonds. The van der Waals surface area contributed by atoms with Gasteiger partial charge in [0.05, 0.1) is 11.9 Å². The standard InChI is InChI=1S/C23H17Cl2N3OS/c24-20-7-4-8-21(25)19(20)14-29-18-11-9-16(10-12-18)13-26-28-23-27-22(15-30-23)17-5-2-1-3-6-17/h1-13,15H,14H2,(H,27,28). The topological polar surface area (TPSA) is 46.5 Å². The molecule has 1 N–H and O–H groups in total. The molecule has 3 aromatic carbocycles. The van der Waals surface area contributed by atoms with Gasteiger partial charge in [0.25, 0.3) is 0 Å². The number of halogens is 2. The van der Waals surface area contributed by atoms with Crippen molar-refractivity contribution in [1.82, 2.24) is 4.98 Å². The number of hydrogen-bond acceptors (Lipinski definition) is 5. The Balaban J connectivity index is 1.32. The molecule has 0 radical (unpaired) electrons. The predicted molar refractivity (Wildman–Crippen MR) is 126 cm³/mol. The zero-order valence-corrected chi connectivity index (χ0v) is 18.1. The third-order valence-electron chi connectivity index (χ3n) is 4.27. The lowest BCUT2D eigenvalue weighted by Gasteiger charge is -2.09. The fourth-order valence-electron chi connectivity index (χ4n) is 2.70. The van der Waals surface area contributed by atoms with Crippen LogP contribution in [0.3, 0.4) is 0 Å². The Morgan fingerprint density at radius 3 is 2.40 bits per heavy atom. The number of ether oxygens (including phenoxy) is 1. The van der Waals surface area contributed by atoms with Crippen molar-refractivity contribution in [2.24, 2.45) is 5.10 Å². The number of anilines is 1. The average Bonchev–Trinajstić information content (AvgIpc) is 3.24. The summed E-state index contributed by atoms with van der Waals surface area (Å²) in [5, 5.41) is 8.19. The number of benzene rings is 3. The molecule has 1 heterocycles. The van der Waals surface area contributed by atoms with E-state index in [4.69, 9.17) is 27.9 Å². The van der Waals surface area contributed by atoms with Crippen molar-refractivity contribution in [2.45, 2.75) is 6.61 Å². The maximum atomic E-state index is 6.17. The van der Waals surface area contributed by atoms with Crippen LogP contribution in [-0.2, 0) is 6.61 Å². The molecule has 0 aliphatic rings. The van der Waals surface area contributed by atoms with Gasteiger partial charge in [0.15, 0.2) is 0 Å². The molecule has 30 heavy (non-hydrogen) atoms. The summed E-state index contributed by atoms with van der Waals surface area (Å²) in [6.45, 7) is 0.307. The van der Waals surface area contributed by atoms with Gasteiger partial charge in [0, 0.05) is 26.6 Å². The minimum atomic E-state index is 0.307. The molecule has 7 heteroatoms. The van der Waals surface area contributed by atoms with E-state index in [1.807, 2.05) is 66.0 Å². The first-order chi connectivity index (χ1) is 14.7. The lowest BCUT2D eigenvalue weighted by Crippen LogP contribution is -1.97. The number of nitrogens with zero attached hydrogens (tertiary/aromatic N) is 2. The maximum Gasteiger partial charge on any atom is 0.203 e. The van der Waals surface area contributed by atoms with Crippen LogP contribution in [0.25, 0.3) is 11.3 Å². The van der Waals surface area contributed by atoms with Crippen LogP contribution in [0, 0.1) is 0 Å². The number of hydrogen-bond donors (Lipinski definition) is 1. The van der Waals surface area contributed by atoms with Gasteiger partial charge in [-0.2, -0.15) is 5.10 Å². The van der Waals surface area contributed by atoms with E-state index in [1.165, 1.54) is 11.3 Å². The summed E-state index contributed by atoms with van der Waals surface area (Å²) in [5.41, 5.74) is 6.69. The van der Waals surface area contributed by atoms with Crippen LogP contribution in [-0.4, -0.2) is 11.2 Å². The highest BCUT2D eigenvalue weighted by Crippen LogP contribution is 2.26. The Bertz CT molecular complexity index is 1120. The van der Waals surface area contributed by atoms with Gasteiger partial charge in [-0.1, -0.05) is 59.6 Å². The average molecular weight is 454 g/mol. The summed E-state index contributed by atoms with van der Waals surface area (Å²) < 4.78 is 5.79. The van der Waals surface area contributed by atoms with Crippen LogP contribution in [0.5, 0.6) is 5.75 Å². The third kappa shape index (κ3) is 5.19. The van der Waals surface area contributed by atoms with Crippen molar-refractivity contribution in [1.29, 1.82) is 0 Å². The Kier molecular flexibility index (Phi) is 6.64. The van der Waals surface area contributed by atoms with Gasteiger partial charge in [0.1, 0.15) is 12.4 Å².